The largest absolute Gasteiger partial charge is 0.490 e. The van der Waals surface area contributed by atoms with Gasteiger partial charge in [-0.05, 0) is 24.6 Å². The first kappa shape index (κ1) is 17.5. The zero-order valence-corrected chi connectivity index (χ0v) is 14.3. The van der Waals surface area contributed by atoms with Crippen molar-refractivity contribution >= 4 is 23.0 Å². The second-order valence-corrected chi connectivity index (χ2v) is 5.73. The van der Waals surface area contributed by atoms with Crippen molar-refractivity contribution in [1.29, 1.82) is 0 Å². The molecule has 136 valence electrons. The molecule has 2 aromatic rings. The number of methoxy groups -OCH3 is 1. The Morgan fingerprint density at radius 3 is 2.88 bits per heavy atom. The van der Waals surface area contributed by atoms with E-state index in [-0.39, 0.29) is 24.0 Å². The summed E-state index contributed by atoms with van der Waals surface area (Å²) in [5.41, 5.74) is 1.43. The minimum absolute atomic E-state index is 0.0456. The molecule has 0 spiro atoms. The molecule has 0 aromatic heterocycles. The number of carbonyl (C=O) groups is 1. The van der Waals surface area contributed by atoms with Crippen LogP contribution < -0.4 is 19.7 Å². The maximum Gasteiger partial charge on any atom is 0.311 e. The topological polar surface area (TPSA) is 93.9 Å². The molecule has 0 aliphatic carbocycles. The highest BCUT2D eigenvalue weighted by Gasteiger charge is 2.24. The number of fused-ring (bicyclic) bond motifs is 1. The quantitative estimate of drug-likeness (QED) is 0.465. The van der Waals surface area contributed by atoms with Crippen LogP contribution in [-0.4, -0.2) is 37.6 Å². The average molecular weight is 357 g/mol. The van der Waals surface area contributed by atoms with Gasteiger partial charge in [-0.25, -0.2) is 0 Å². The molecular weight excluding hydrogens is 338 g/mol. The number of amides is 1. The molecule has 0 atom stereocenters. The van der Waals surface area contributed by atoms with Crippen molar-refractivity contribution < 1.29 is 19.2 Å². The third-order valence-corrected chi connectivity index (χ3v) is 4.07. The fourth-order valence-electron chi connectivity index (χ4n) is 2.81. The number of para-hydroxylation sites is 2. The number of nitro groups is 1. The molecule has 1 aliphatic heterocycles. The summed E-state index contributed by atoms with van der Waals surface area (Å²) in [6.07, 6.45) is 0.708. The first-order valence-corrected chi connectivity index (χ1v) is 8.18. The molecule has 0 saturated carbocycles. The fourth-order valence-corrected chi connectivity index (χ4v) is 2.81. The lowest BCUT2D eigenvalue weighted by atomic mass is 10.2. The lowest BCUT2D eigenvalue weighted by Crippen LogP contribution is -2.39. The van der Waals surface area contributed by atoms with Crippen molar-refractivity contribution in [2.75, 3.05) is 37.0 Å². The van der Waals surface area contributed by atoms with Crippen LogP contribution in [0.15, 0.2) is 42.5 Å². The van der Waals surface area contributed by atoms with Crippen LogP contribution in [0.2, 0.25) is 0 Å². The minimum atomic E-state index is -0.482. The van der Waals surface area contributed by atoms with Crippen LogP contribution in [0, 0.1) is 10.1 Å². The van der Waals surface area contributed by atoms with E-state index in [1.54, 1.807) is 17.0 Å². The number of nitrogens with zero attached hydrogens (tertiary/aromatic N) is 2. The number of ether oxygens (including phenoxy) is 2. The maximum absolute atomic E-state index is 12.1. The molecule has 3 rings (SSSR count). The van der Waals surface area contributed by atoms with Crippen molar-refractivity contribution in [3.63, 3.8) is 0 Å². The van der Waals surface area contributed by atoms with E-state index in [2.05, 4.69) is 5.32 Å². The number of hydrogen-bond acceptors (Lipinski definition) is 6. The lowest BCUT2D eigenvalue weighted by Gasteiger charge is -2.29. The molecule has 8 heteroatoms. The zero-order chi connectivity index (χ0) is 18.5. The van der Waals surface area contributed by atoms with Crippen LogP contribution in [0.3, 0.4) is 0 Å². The molecule has 0 saturated heterocycles. The summed E-state index contributed by atoms with van der Waals surface area (Å²) in [7, 11) is 1.40. The number of anilines is 2. The molecular formula is C18H19N3O5. The van der Waals surface area contributed by atoms with Crippen LogP contribution in [0.25, 0.3) is 0 Å². The molecule has 8 nitrogen and oxygen atoms in total. The van der Waals surface area contributed by atoms with E-state index in [1.165, 1.54) is 13.2 Å². The Balaban J connectivity index is 1.58. The smallest absolute Gasteiger partial charge is 0.311 e. The lowest BCUT2D eigenvalue weighted by molar-refractivity contribution is -0.385. The predicted octanol–water partition coefficient (Wildman–Crippen LogP) is 2.83. The van der Waals surface area contributed by atoms with Gasteiger partial charge in [0.1, 0.15) is 5.75 Å². The van der Waals surface area contributed by atoms with Crippen molar-refractivity contribution in [2.45, 2.75) is 6.42 Å². The molecule has 1 N–H and O–H groups in total. The van der Waals surface area contributed by atoms with Crippen molar-refractivity contribution in [3.8, 4) is 11.5 Å². The second-order valence-electron chi connectivity index (χ2n) is 5.73. The summed E-state index contributed by atoms with van der Waals surface area (Å²) in [6, 6.07) is 12.1. The van der Waals surface area contributed by atoms with Gasteiger partial charge < -0.3 is 19.7 Å². The Morgan fingerprint density at radius 1 is 1.31 bits per heavy atom. The third-order valence-electron chi connectivity index (χ3n) is 4.07. The maximum atomic E-state index is 12.1. The zero-order valence-electron chi connectivity index (χ0n) is 14.3. The van der Waals surface area contributed by atoms with Gasteiger partial charge in [-0.3, -0.25) is 14.9 Å². The summed E-state index contributed by atoms with van der Waals surface area (Å²) < 4.78 is 10.5. The van der Waals surface area contributed by atoms with E-state index in [4.69, 9.17) is 9.47 Å². The number of hydrogen-bond donors (Lipinski definition) is 1. The Labute approximate surface area is 150 Å². The molecule has 1 aliphatic rings. The van der Waals surface area contributed by atoms with E-state index in [1.807, 2.05) is 24.3 Å². The highest BCUT2D eigenvalue weighted by atomic mass is 16.6. The number of nitro benzene ring substituents is 1. The first-order valence-electron chi connectivity index (χ1n) is 8.18. The van der Waals surface area contributed by atoms with E-state index in [9.17, 15) is 14.9 Å². The monoisotopic (exact) mass is 357 g/mol. The highest BCUT2D eigenvalue weighted by Crippen LogP contribution is 2.32. The summed E-state index contributed by atoms with van der Waals surface area (Å²) in [4.78, 5) is 24.3. The number of nitrogens with one attached hydrogen (secondary N) is 1. The standard InChI is InChI=1S/C18H19N3O5/c1-25-17-11-13(7-8-15(17)21(23)24)19-9-4-10-20-14-5-2-3-6-16(14)26-12-18(20)22/h2-3,5-8,11,19H,4,9-10,12H2,1H3. The van der Waals surface area contributed by atoms with Crippen LogP contribution in [-0.2, 0) is 4.79 Å². The van der Waals surface area contributed by atoms with Gasteiger partial charge >= 0.3 is 5.69 Å². The average Bonchev–Trinajstić information content (AvgIpc) is 2.66. The van der Waals surface area contributed by atoms with Crippen LogP contribution in [0.1, 0.15) is 6.42 Å². The molecule has 0 bridgehead atoms. The summed E-state index contributed by atoms with van der Waals surface area (Å²) in [5.74, 6) is 0.846. The first-order chi connectivity index (χ1) is 12.6. The van der Waals surface area contributed by atoms with E-state index in [0.29, 0.717) is 25.3 Å². The summed E-state index contributed by atoms with van der Waals surface area (Å²) >= 11 is 0. The minimum Gasteiger partial charge on any atom is -0.490 e. The number of benzene rings is 2. The molecule has 26 heavy (non-hydrogen) atoms. The Hall–Kier alpha value is -3.29. The Bertz CT molecular complexity index is 824. The predicted molar refractivity (Wildman–Crippen MR) is 97.0 cm³/mol. The number of rotatable bonds is 7. The van der Waals surface area contributed by atoms with Crippen LogP contribution >= 0.6 is 0 Å². The molecule has 2 aromatic carbocycles. The van der Waals surface area contributed by atoms with Gasteiger partial charge in [-0.2, -0.15) is 0 Å². The third kappa shape index (κ3) is 3.69. The van der Waals surface area contributed by atoms with Crippen LogP contribution in [0.4, 0.5) is 17.1 Å². The molecule has 0 fully saturated rings. The normalized spacial score (nSPS) is 13.0. The Kier molecular flexibility index (Phi) is 5.21. The Morgan fingerprint density at radius 2 is 2.12 bits per heavy atom. The van der Waals surface area contributed by atoms with E-state index < -0.39 is 4.92 Å². The van der Waals surface area contributed by atoms with Gasteiger partial charge in [-0.1, -0.05) is 12.1 Å². The molecule has 1 heterocycles. The van der Waals surface area contributed by atoms with Crippen molar-refractivity contribution in [1.82, 2.24) is 0 Å². The number of carbonyl (C=O) groups excluding carboxylic acids is 1. The van der Waals surface area contributed by atoms with E-state index in [0.717, 1.165) is 11.4 Å². The van der Waals surface area contributed by atoms with E-state index >= 15 is 0 Å². The summed E-state index contributed by atoms with van der Waals surface area (Å²) in [5, 5.41) is 14.1. The summed E-state index contributed by atoms with van der Waals surface area (Å²) in [6.45, 7) is 1.20. The molecule has 1 amide bonds. The highest BCUT2D eigenvalue weighted by molar-refractivity contribution is 5.97. The van der Waals surface area contributed by atoms with Crippen LogP contribution in [0.5, 0.6) is 11.5 Å². The van der Waals surface area contributed by atoms with Gasteiger partial charge in [0.25, 0.3) is 5.91 Å². The fraction of sp³-hybridized carbons (Fsp3) is 0.278. The molecule has 0 unspecified atom stereocenters. The molecule has 0 radical (unpaired) electrons. The second kappa shape index (κ2) is 7.73. The van der Waals surface area contributed by atoms with Gasteiger partial charge in [0.05, 0.1) is 17.7 Å². The van der Waals surface area contributed by atoms with Gasteiger partial charge in [0.15, 0.2) is 12.4 Å². The van der Waals surface area contributed by atoms with Gasteiger partial charge in [0.2, 0.25) is 0 Å². The van der Waals surface area contributed by atoms with Gasteiger partial charge in [-0.15, -0.1) is 0 Å². The van der Waals surface area contributed by atoms with Crippen molar-refractivity contribution in [3.05, 3.63) is 52.6 Å². The SMILES string of the molecule is COc1cc(NCCCN2C(=O)COc3ccccc32)ccc1[N+](=O)[O-]. The van der Waals surface area contributed by atoms with Crippen molar-refractivity contribution in [2.24, 2.45) is 0 Å². The van der Waals surface area contributed by atoms with Gasteiger partial charge in [0, 0.05) is 30.9 Å².